The first-order valence-corrected chi connectivity index (χ1v) is 7.67. The van der Waals surface area contributed by atoms with Gasteiger partial charge in [-0.3, -0.25) is 4.68 Å². The first-order valence-electron chi connectivity index (χ1n) is 7.29. The van der Waals surface area contributed by atoms with Crippen LogP contribution in [0.2, 0.25) is 5.02 Å². The largest absolute Gasteiger partial charge is 0.396 e. The fraction of sp³-hybridized carbons (Fsp3) is 0.438. The zero-order valence-electron chi connectivity index (χ0n) is 11.6. The van der Waals surface area contributed by atoms with E-state index in [0.29, 0.717) is 5.92 Å². The third-order valence-electron chi connectivity index (χ3n) is 4.05. The fourth-order valence-corrected chi connectivity index (χ4v) is 3.26. The van der Waals surface area contributed by atoms with Crippen LogP contribution in [0.4, 0.5) is 5.69 Å². The van der Waals surface area contributed by atoms with Crippen LogP contribution in [0, 0.1) is 0 Å². The van der Waals surface area contributed by atoms with Gasteiger partial charge in [0.25, 0.3) is 0 Å². The topological polar surface area (TPSA) is 43.8 Å². The highest BCUT2D eigenvalue weighted by molar-refractivity contribution is 6.30. The number of nitrogens with two attached hydrogens (primary N) is 1. The summed E-state index contributed by atoms with van der Waals surface area (Å²) in [7, 11) is 0. The van der Waals surface area contributed by atoms with Crippen LogP contribution < -0.4 is 5.73 Å². The van der Waals surface area contributed by atoms with Crippen LogP contribution >= 0.6 is 11.6 Å². The summed E-state index contributed by atoms with van der Waals surface area (Å²) in [6, 6.07) is 7.88. The molecule has 2 N–H and O–H groups in total. The third kappa shape index (κ3) is 2.98. The van der Waals surface area contributed by atoms with E-state index in [0.717, 1.165) is 28.5 Å². The number of hydrogen-bond donors (Lipinski definition) is 1. The number of anilines is 1. The fourth-order valence-electron chi connectivity index (χ4n) is 3.05. The summed E-state index contributed by atoms with van der Waals surface area (Å²) < 4.78 is 1.94. The molecular weight excluding hydrogens is 270 g/mol. The molecule has 106 valence electrons. The molecule has 1 aromatic carbocycles. The zero-order chi connectivity index (χ0) is 13.9. The van der Waals surface area contributed by atoms with Crippen LogP contribution in [0.5, 0.6) is 0 Å². The second kappa shape index (κ2) is 5.88. The van der Waals surface area contributed by atoms with Crippen molar-refractivity contribution in [3.8, 4) is 0 Å². The Kier molecular flexibility index (Phi) is 3.97. The number of halogens is 1. The minimum atomic E-state index is 0.546. The summed E-state index contributed by atoms with van der Waals surface area (Å²) in [6.45, 7) is 0.720. The molecule has 1 heterocycles. The predicted molar refractivity (Wildman–Crippen MR) is 83.0 cm³/mol. The lowest BCUT2D eigenvalue weighted by atomic mass is 9.86. The van der Waals surface area contributed by atoms with Gasteiger partial charge in [-0.05, 0) is 30.5 Å². The van der Waals surface area contributed by atoms with E-state index in [9.17, 15) is 0 Å². The van der Waals surface area contributed by atoms with E-state index in [1.54, 1.807) is 0 Å². The molecule has 1 aromatic heterocycles. The van der Waals surface area contributed by atoms with Crippen LogP contribution in [0.15, 0.2) is 30.5 Å². The van der Waals surface area contributed by atoms with Gasteiger partial charge >= 0.3 is 0 Å². The maximum atomic E-state index is 6.15. The van der Waals surface area contributed by atoms with Crippen molar-refractivity contribution in [3.05, 3.63) is 46.7 Å². The van der Waals surface area contributed by atoms with Crippen molar-refractivity contribution >= 4 is 17.3 Å². The third-order valence-corrected chi connectivity index (χ3v) is 4.28. The molecule has 0 radical (unpaired) electrons. The lowest BCUT2D eigenvalue weighted by molar-refractivity contribution is 0.433. The number of rotatable bonds is 3. The first kappa shape index (κ1) is 13.5. The highest BCUT2D eigenvalue weighted by atomic mass is 35.5. The molecular formula is C16H20ClN3. The zero-order valence-corrected chi connectivity index (χ0v) is 12.3. The maximum absolute atomic E-state index is 6.15. The van der Waals surface area contributed by atoms with Gasteiger partial charge in [-0.15, -0.1) is 0 Å². The van der Waals surface area contributed by atoms with Crippen LogP contribution in [-0.4, -0.2) is 9.78 Å². The minimum absolute atomic E-state index is 0.546. The average Bonchev–Trinajstić information content (AvgIpc) is 2.80. The van der Waals surface area contributed by atoms with Gasteiger partial charge in [-0.1, -0.05) is 43.0 Å². The van der Waals surface area contributed by atoms with Gasteiger partial charge in [0.1, 0.15) is 0 Å². The van der Waals surface area contributed by atoms with Gasteiger partial charge in [0, 0.05) is 17.1 Å². The van der Waals surface area contributed by atoms with Crippen LogP contribution in [0.25, 0.3) is 0 Å². The van der Waals surface area contributed by atoms with Gasteiger partial charge in [0.2, 0.25) is 0 Å². The van der Waals surface area contributed by atoms with E-state index < -0.39 is 0 Å². The van der Waals surface area contributed by atoms with Gasteiger partial charge in [-0.25, -0.2) is 0 Å². The molecule has 1 aliphatic rings. The normalized spacial score (nSPS) is 16.4. The molecule has 1 aliphatic carbocycles. The molecule has 20 heavy (non-hydrogen) atoms. The highest BCUT2D eigenvalue weighted by Crippen LogP contribution is 2.34. The van der Waals surface area contributed by atoms with E-state index in [4.69, 9.17) is 22.4 Å². The standard InChI is InChI=1S/C16H20ClN3/c17-14-8-4-5-12(9-14)10-20-11-15(18)16(19-20)13-6-2-1-3-7-13/h4-5,8-9,11,13H,1-3,6-7,10,18H2. The number of nitrogen functional groups attached to an aromatic ring is 1. The molecule has 2 aromatic rings. The van der Waals surface area contributed by atoms with Crippen molar-refractivity contribution in [2.45, 2.75) is 44.6 Å². The van der Waals surface area contributed by atoms with Crippen molar-refractivity contribution in [1.29, 1.82) is 0 Å². The molecule has 3 rings (SSSR count). The van der Waals surface area contributed by atoms with E-state index in [1.807, 2.05) is 29.1 Å². The van der Waals surface area contributed by atoms with Gasteiger partial charge in [0.05, 0.1) is 17.9 Å². The number of benzene rings is 1. The smallest absolute Gasteiger partial charge is 0.0884 e. The summed E-state index contributed by atoms with van der Waals surface area (Å²) in [5.74, 6) is 0.546. The van der Waals surface area contributed by atoms with Gasteiger partial charge in [-0.2, -0.15) is 5.10 Å². The molecule has 0 aliphatic heterocycles. The molecule has 0 spiro atoms. The summed E-state index contributed by atoms with van der Waals surface area (Å²) >= 11 is 6.01. The molecule has 4 heteroatoms. The van der Waals surface area contributed by atoms with Gasteiger partial charge < -0.3 is 5.73 Å². The van der Waals surface area contributed by atoms with E-state index in [-0.39, 0.29) is 0 Å². The first-order chi connectivity index (χ1) is 9.72. The monoisotopic (exact) mass is 289 g/mol. The Balaban J connectivity index is 1.78. The van der Waals surface area contributed by atoms with Crippen LogP contribution in [0.1, 0.15) is 49.3 Å². The van der Waals surface area contributed by atoms with E-state index in [2.05, 4.69) is 6.07 Å². The Bertz CT molecular complexity index is 585. The predicted octanol–water partition coefficient (Wildman–Crippen LogP) is 4.21. The molecule has 0 amide bonds. The van der Waals surface area contributed by atoms with Crippen molar-refractivity contribution < 1.29 is 0 Å². The van der Waals surface area contributed by atoms with E-state index in [1.165, 1.54) is 32.1 Å². The number of nitrogens with zero attached hydrogens (tertiary/aromatic N) is 2. The second-order valence-electron chi connectivity index (χ2n) is 5.63. The summed E-state index contributed by atoms with van der Waals surface area (Å²) in [4.78, 5) is 0. The van der Waals surface area contributed by atoms with E-state index >= 15 is 0 Å². The molecule has 0 saturated heterocycles. The number of hydrogen-bond acceptors (Lipinski definition) is 2. The van der Waals surface area contributed by atoms with Crippen molar-refractivity contribution in [3.63, 3.8) is 0 Å². The summed E-state index contributed by atoms with van der Waals surface area (Å²) in [6.07, 6.45) is 8.33. The molecule has 0 bridgehead atoms. The summed E-state index contributed by atoms with van der Waals surface area (Å²) in [5.41, 5.74) is 9.22. The van der Waals surface area contributed by atoms with Crippen LogP contribution in [0.3, 0.4) is 0 Å². The molecule has 3 nitrogen and oxygen atoms in total. The molecule has 1 saturated carbocycles. The van der Waals surface area contributed by atoms with Crippen molar-refractivity contribution in [2.24, 2.45) is 0 Å². The second-order valence-corrected chi connectivity index (χ2v) is 6.07. The Morgan fingerprint density at radius 3 is 2.80 bits per heavy atom. The Hall–Kier alpha value is -1.48. The van der Waals surface area contributed by atoms with Crippen molar-refractivity contribution in [2.75, 3.05) is 5.73 Å². The summed E-state index contributed by atoms with van der Waals surface area (Å²) in [5, 5.41) is 5.47. The SMILES string of the molecule is Nc1cn(Cc2cccc(Cl)c2)nc1C1CCCCC1. The number of aromatic nitrogens is 2. The highest BCUT2D eigenvalue weighted by Gasteiger charge is 2.20. The lowest BCUT2D eigenvalue weighted by Crippen LogP contribution is -2.08. The van der Waals surface area contributed by atoms with Gasteiger partial charge in [0.15, 0.2) is 0 Å². The Labute approximate surface area is 124 Å². The lowest BCUT2D eigenvalue weighted by Gasteiger charge is -2.20. The van der Waals surface area contributed by atoms with Crippen molar-refractivity contribution in [1.82, 2.24) is 9.78 Å². The minimum Gasteiger partial charge on any atom is -0.396 e. The quantitative estimate of drug-likeness (QED) is 0.919. The Morgan fingerprint density at radius 2 is 2.05 bits per heavy atom. The molecule has 0 unspecified atom stereocenters. The Morgan fingerprint density at radius 1 is 1.25 bits per heavy atom. The molecule has 0 atom stereocenters. The van der Waals surface area contributed by atoms with Crippen LogP contribution in [-0.2, 0) is 6.54 Å². The molecule has 1 fully saturated rings. The average molecular weight is 290 g/mol. The maximum Gasteiger partial charge on any atom is 0.0884 e.